The third-order valence-electron chi connectivity index (χ3n) is 3.52. The molecule has 2 aromatic rings. The van der Waals surface area contributed by atoms with Gasteiger partial charge in [-0.05, 0) is 35.9 Å². The fourth-order valence-corrected chi connectivity index (χ4v) is 2.56. The lowest BCUT2D eigenvalue weighted by Gasteiger charge is -2.30. The van der Waals surface area contributed by atoms with E-state index in [4.69, 9.17) is 21.1 Å². The van der Waals surface area contributed by atoms with Crippen molar-refractivity contribution in [2.24, 2.45) is 0 Å². The first kappa shape index (κ1) is 13.3. The summed E-state index contributed by atoms with van der Waals surface area (Å²) in [5, 5.41) is 11.0. The predicted molar refractivity (Wildman–Crippen MR) is 77.4 cm³/mol. The molecule has 20 heavy (non-hydrogen) atoms. The third kappa shape index (κ3) is 2.47. The summed E-state index contributed by atoms with van der Waals surface area (Å²) in [7, 11) is 1.61. The maximum absolute atomic E-state index is 10.3. The number of methoxy groups -OCH3 is 1. The average molecular weight is 291 g/mol. The molecule has 0 aliphatic carbocycles. The Bertz CT molecular complexity index is 610. The molecule has 4 heteroatoms. The van der Waals surface area contributed by atoms with E-state index in [1.807, 2.05) is 42.5 Å². The zero-order chi connectivity index (χ0) is 14.1. The summed E-state index contributed by atoms with van der Waals surface area (Å²) in [6, 6.07) is 13.0. The van der Waals surface area contributed by atoms with Crippen molar-refractivity contribution in [2.45, 2.75) is 18.6 Å². The standard InChI is InChI=1S/C16H15ClO3/c1-19-12-6-7-15-13(8-12)14(18)9-16(20-15)10-2-4-11(17)5-3-10/h2-8,14,16,18H,9H2,1H3. The molecule has 3 nitrogen and oxygen atoms in total. The summed E-state index contributed by atoms with van der Waals surface area (Å²) in [6.45, 7) is 0. The van der Waals surface area contributed by atoms with E-state index < -0.39 is 6.10 Å². The minimum absolute atomic E-state index is 0.164. The molecule has 0 aromatic heterocycles. The Morgan fingerprint density at radius 1 is 1.20 bits per heavy atom. The normalized spacial score (nSPS) is 20.9. The maximum Gasteiger partial charge on any atom is 0.127 e. The van der Waals surface area contributed by atoms with E-state index in [1.165, 1.54) is 0 Å². The van der Waals surface area contributed by atoms with Crippen molar-refractivity contribution in [2.75, 3.05) is 7.11 Å². The summed E-state index contributed by atoms with van der Waals surface area (Å²) >= 11 is 5.89. The fourth-order valence-electron chi connectivity index (χ4n) is 2.43. The molecule has 0 spiro atoms. The molecule has 2 aromatic carbocycles. The molecule has 0 saturated heterocycles. The van der Waals surface area contributed by atoms with Crippen LogP contribution in [-0.4, -0.2) is 12.2 Å². The molecule has 0 bridgehead atoms. The average Bonchev–Trinajstić information content (AvgIpc) is 2.47. The Balaban J connectivity index is 1.90. The molecule has 0 saturated carbocycles. The van der Waals surface area contributed by atoms with Gasteiger partial charge in [0.1, 0.15) is 17.6 Å². The zero-order valence-corrected chi connectivity index (χ0v) is 11.8. The zero-order valence-electron chi connectivity index (χ0n) is 11.0. The SMILES string of the molecule is COc1ccc2c(c1)C(O)CC(c1ccc(Cl)cc1)O2. The molecule has 0 amide bonds. The van der Waals surface area contributed by atoms with Gasteiger partial charge >= 0.3 is 0 Å². The van der Waals surface area contributed by atoms with Crippen LogP contribution in [-0.2, 0) is 0 Å². The lowest BCUT2D eigenvalue weighted by Crippen LogP contribution is -2.19. The molecule has 1 aliphatic heterocycles. The smallest absolute Gasteiger partial charge is 0.127 e. The molecule has 2 unspecified atom stereocenters. The monoisotopic (exact) mass is 290 g/mol. The van der Waals surface area contributed by atoms with E-state index in [2.05, 4.69) is 0 Å². The van der Waals surface area contributed by atoms with E-state index in [-0.39, 0.29) is 6.10 Å². The molecule has 1 aliphatic rings. The van der Waals surface area contributed by atoms with Crippen molar-refractivity contribution in [3.63, 3.8) is 0 Å². The fraction of sp³-hybridized carbons (Fsp3) is 0.250. The summed E-state index contributed by atoms with van der Waals surface area (Å²) < 4.78 is 11.1. The Morgan fingerprint density at radius 2 is 1.95 bits per heavy atom. The summed E-state index contributed by atoms with van der Waals surface area (Å²) in [4.78, 5) is 0. The van der Waals surface area contributed by atoms with Gasteiger partial charge in [-0.15, -0.1) is 0 Å². The highest BCUT2D eigenvalue weighted by Gasteiger charge is 2.28. The summed E-state index contributed by atoms with van der Waals surface area (Å²) in [6.07, 6.45) is -0.209. The van der Waals surface area contributed by atoms with Crippen LogP contribution in [0.4, 0.5) is 0 Å². The van der Waals surface area contributed by atoms with E-state index in [1.54, 1.807) is 7.11 Å². The van der Waals surface area contributed by atoms with Gasteiger partial charge in [0.15, 0.2) is 0 Å². The number of halogens is 1. The van der Waals surface area contributed by atoms with Gasteiger partial charge < -0.3 is 14.6 Å². The minimum atomic E-state index is -0.561. The van der Waals surface area contributed by atoms with Crippen molar-refractivity contribution >= 4 is 11.6 Å². The van der Waals surface area contributed by atoms with Crippen LogP contribution >= 0.6 is 11.6 Å². The lowest BCUT2D eigenvalue weighted by atomic mass is 9.95. The molecule has 0 fully saturated rings. The van der Waals surface area contributed by atoms with Crippen LogP contribution < -0.4 is 9.47 Å². The minimum Gasteiger partial charge on any atom is -0.497 e. The van der Waals surface area contributed by atoms with E-state index in [0.29, 0.717) is 17.2 Å². The van der Waals surface area contributed by atoms with Gasteiger partial charge in [0.25, 0.3) is 0 Å². The van der Waals surface area contributed by atoms with Gasteiger partial charge in [0.05, 0.1) is 13.2 Å². The van der Waals surface area contributed by atoms with Crippen molar-refractivity contribution in [1.29, 1.82) is 0 Å². The molecule has 1 heterocycles. The molecule has 3 rings (SSSR count). The van der Waals surface area contributed by atoms with Crippen molar-refractivity contribution < 1.29 is 14.6 Å². The quantitative estimate of drug-likeness (QED) is 0.911. The highest BCUT2D eigenvalue weighted by atomic mass is 35.5. The number of hydrogen-bond donors (Lipinski definition) is 1. The number of ether oxygens (including phenoxy) is 2. The van der Waals surface area contributed by atoms with Gasteiger partial charge in [-0.3, -0.25) is 0 Å². The van der Waals surface area contributed by atoms with Crippen LogP contribution in [0.2, 0.25) is 5.02 Å². The Hall–Kier alpha value is -1.71. The summed E-state index contributed by atoms with van der Waals surface area (Å²) in [5.74, 6) is 1.42. The van der Waals surface area contributed by atoms with Crippen molar-refractivity contribution in [3.8, 4) is 11.5 Å². The van der Waals surface area contributed by atoms with Gasteiger partial charge in [0.2, 0.25) is 0 Å². The number of aliphatic hydroxyl groups is 1. The second-order valence-electron chi connectivity index (χ2n) is 4.81. The van der Waals surface area contributed by atoms with Crippen LogP contribution in [0.25, 0.3) is 0 Å². The Morgan fingerprint density at radius 3 is 2.65 bits per heavy atom. The number of rotatable bonds is 2. The Labute approximate surface area is 122 Å². The second kappa shape index (κ2) is 5.35. The molecule has 2 atom stereocenters. The van der Waals surface area contributed by atoms with Crippen LogP contribution in [0.3, 0.4) is 0 Å². The number of aliphatic hydroxyl groups excluding tert-OH is 1. The van der Waals surface area contributed by atoms with Gasteiger partial charge in [-0.25, -0.2) is 0 Å². The van der Waals surface area contributed by atoms with Crippen LogP contribution in [0.1, 0.15) is 29.8 Å². The van der Waals surface area contributed by atoms with Crippen molar-refractivity contribution in [3.05, 3.63) is 58.6 Å². The predicted octanol–water partition coefficient (Wildman–Crippen LogP) is 3.91. The van der Waals surface area contributed by atoms with E-state index in [0.717, 1.165) is 16.9 Å². The number of hydrogen-bond acceptors (Lipinski definition) is 3. The van der Waals surface area contributed by atoms with Crippen LogP contribution in [0, 0.1) is 0 Å². The largest absolute Gasteiger partial charge is 0.497 e. The maximum atomic E-state index is 10.3. The number of fused-ring (bicyclic) bond motifs is 1. The lowest BCUT2D eigenvalue weighted by molar-refractivity contribution is 0.0654. The number of benzene rings is 2. The topological polar surface area (TPSA) is 38.7 Å². The van der Waals surface area contributed by atoms with E-state index in [9.17, 15) is 5.11 Å². The molecule has 104 valence electrons. The van der Waals surface area contributed by atoms with Gasteiger partial charge in [-0.2, -0.15) is 0 Å². The first-order valence-corrected chi connectivity index (χ1v) is 6.83. The second-order valence-corrected chi connectivity index (χ2v) is 5.25. The van der Waals surface area contributed by atoms with Crippen molar-refractivity contribution in [1.82, 2.24) is 0 Å². The highest BCUT2D eigenvalue weighted by molar-refractivity contribution is 6.30. The van der Waals surface area contributed by atoms with Gasteiger partial charge in [0, 0.05) is 17.0 Å². The molecular formula is C16H15ClO3. The third-order valence-corrected chi connectivity index (χ3v) is 3.78. The Kier molecular flexibility index (Phi) is 3.55. The van der Waals surface area contributed by atoms with Gasteiger partial charge in [-0.1, -0.05) is 23.7 Å². The summed E-state index contributed by atoms with van der Waals surface area (Å²) in [5.41, 5.74) is 1.78. The van der Waals surface area contributed by atoms with Crippen LogP contribution in [0.5, 0.6) is 11.5 Å². The molecular weight excluding hydrogens is 276 g/mol. The first-order chi connectivity index (χ1) is 9.67. The first-order valence-electron chi connectivity index (χ1n) is 6.45. The highest BCUT2D eigenvalue weighted by Crippen LogP contribution is 2.42. The van der Waals surface area contributed by atoms with E-state index >= 15 is 0 Å². The molecule has 0 radical (unpaired) electrons. The molecule has 1 N–H and O–H groups in total. The van der Waals surface area contributed by atoms with Crippen LogP contribution in [0.15, 0.2) is 42.5 Å².